The second-order valence-electron chi connectivity index (χ2n) is 5.48. The van der Waals surface area contributed by atoms with E-state index in [0.717, 1.165) is 25.5 Å². The molecule has 2 rings (SSSR count). The van der Waals surface area contributed by atoms with Crippen LogP contribution in [0.2, 0.25) is 0 Å². The van der Waals surface area contributed by atoms with E-state index >= 15 is 0 Å². The van der Waals surface area contributed by atoms with Gasteiger partial charge in [-0.3, -0.25) is 4.79 Å². The lowest BCUT2D eigenvalue weighted by Crippen LogP contribution is -2.24. The van der Waals surface area contributed by atoms with E-state index in [1.807, 2.05) is 0 Å². The summed E-state index contributed by atoms with van der Waals surface area (Å²) in [7, 11) is 0. The molecule has 0 amide bonds. The fourth-order valence-corrected chi connectivity index (χ4v) is 2.82. The highest BCUT2D eigenvalue weighted by atomic mass is 19.4. The first-order valence-electron chi connectivity index (χ1n) is 6.30. The maximum absolute atomic E-state index is 12.3. The van der Waals surface area contributed by atoms with Crippen molar-refractivity contribution in [3.63, 3.8) is 0 Å². The lowest BCUT2D eigenvalue weighted by atomic mass is 9.80. The number of carbonyl (C=O) groups excluding carboxylic acids is 1. The number of hydrogen-bond acceptors (Lipinski definition) is 3. The molecule has 4 nitrogen and oxygen atoms in total. The number of alkyl halides is 3. The van der Waals surface area contributed by atoms with E-state index in [0.29, 0.717) is 11.8 Å². The third-order valence-electron chi connectivity index (χ3n) is 3.53. The molecule has 0 aliphatic heterocycles. The van der Waals surface area contributed by atoms with Crippen LogP contribution in [0.25, 0.3) is 0 Å². The summed E-state index contributed by atoms with van der Waals surface area (Å²) in [6.07, 6.45) is -0.959. The molecule has 106 valence electrons. The SMILES string of the molecule is CC1CC(C)CC(n2cc(C(=O)C(F)(F)F)nn2)C1. The smallest absolute Gasteiger partial charge is 0.282 e. The Balaban J connectivity index is 2.15. The molecule has 1 heterocycles. The molecule has 7 heteroatoms. The summed E-state index contributed by atoms with van der Waals surface area (Å²) in [5, 5.41) is 7.04. The first-order valence-corrected chi connectivity index (χ1v) is 6.30. The summed E-state index contributed by atoms with van der Waals surface area (Å²) in [6, 6.07) is 0.0287. The van der Waals surface area contributed by atoms with Crippen LogP contribution in [0.5, 0.6) is 0 Å². The first kappa shape index (κ1) is 14.0. The first-order chi connectivity index (χ1) is 8.77. The number of nitrogens with zero attached hydrogens (tertiary/aromatic N) is 3. The van der Waals surface area contributed by atoms with Crippen molar-refractivity contribution in [1.82, 2.24) is 15.0 Å². The van der Waals surface area contributed by atoms with Gasteiger partial charge < -0.3 is 0 Å². The quantitative estimate of drug-likeness (QED) is 0.779. The van der Waals surface area contributed by atoms with Gasteiger partial charge in [-0.05, 0) is 31.1 Å². The third-order valence-corrected chi connectivity index (χ3v) is 3.53. The van der Waals surface area contributed by atoms with Gasteiger partial charge in [0.1, 0.15) is 0 Å². The van der Waals surface area contributed by atoms with Crippen molar-refractivity contribution in [1.29, 1.82) is 0 Å². The topological polar surface area (TPSA) is 47.8 Å². The van der Waals surface area contributed by atoms with E-state index in [4.69, 9.17) is 0 Å². The van der Waals surface area contributed by atoms with Crippen LogP contribution in [0.3, 0.4) is 0 Å². The van der Waals surface area contributed by atoms with E-state index in [-0.39, 0.29) is 6.04 Å². The fraction of sp³-hybridized carbons (Fsp3) is 0.750. The zero-order valence-corrected chi connectivity index (χ0v) is 10.8. The third kappa shape index (κ3) is 3.13. The molecule has 19 heavy (non-hydrogen) atoms. The highest BCUT2D eigenvalue weighted by Gasteiger charge is 2.41. The number of carbonyl (C=O) groups is 1. The summed E-state index contributed by atoms with van der Waals surface area (Å²) in [5.41, 5.74) is -0.627. The van der Waals surface area contributed by atoms with Gasteiger partial charge in [0, 0.05) is 0 Å². The Kier molecular flexibility index (Phi) is 3.64. The molecule has 1 saturated carbocycles. The minimum absolute atomic E-state index is 0.0287. The minimum atomic E-state index is -4.89. The molecule has 0 aromatic carbocycles. The van der Waals surface area contributed by atoms with Crippen LogP contribution in [0.1, 0.15) is 49.6 Å². The van der Waals surface area contributed by atoms with Gasteiger partial charge in [-0.2, -0.15) is 13.2 Å². The van der Waals surface area contributed by atoms with E-state index < -0.39 is 17.7 Å². The molecule has 2 unspecified atom stereocenters. The lowest BCUT2D eigenvalue weighted by Gasteiger charge is -2.31. The molecule has 0 spiro atoms. The van der Waals surface area contributed by atoms with E-state index in [1.54, 1.807) is 0 Å². The maximum Gasteiger partial charge on any atom is 0.456 e. The van der Waals surface area contributed by atoms with Gasteiger partial charge in [0.05, 0.1) is 12.2 Å². The maximum atomic E-state index is 12.3. The van der Waals surface area contributed by atoms with Crippen molar-refractivity contribution in [2.24, 2.45) is 11.8 Å². The molecule has 1 aromatic heterocycles. The van der Waals surface area contributed by atoms with Gasteiger partial charge in [-0.25, -0.2) is 4.68 Å². The average Bonchev–Trinajstić information content (AvgIpc) is 2.74. The summed E-state index contributed by atoms with van der Waals surface area (Å²) in [4.78, 5) is 11.1. The van der Waals surface area contributed by atoms with Gasteiger partial charge in [-0.1, -0.05) is 19.1 Å². The zero-order valence-electron chi connectivity index (χ0n) is 10.8. The number of halogens is 3. The Morgan fingerprint density at radius 2 is 1.84 bits per heavy atom. The Morgan fingerprint density at radius 1 is 1.26 bits per heavy atom. The van der Waals surface area contributed by atoms with Crippen LogP contribution < -0.4 is 0 Å². The van der Waals surface area contributed by atoms with Gasteiger partial charge in [0.2, 0.25) is 0 Å². The number of ketones is 1. The van der Waals surface area contributed by atoms with Crippen molar-refractivity contribution < 1.29 is 18.0 Å². The number of hydrogen-bond donors (Lipinski definition) is 0. The summed E-state index contributed by atoms with van der Waals surface area (Å²) in [5.74, 6) is -0.935. The molecule has 1 aliphatic carbocycles. The highest BCUT2D eigenvalue weighted by molar-refractivity contribution is 5.98. The predicted molar refractivity (Wildman–Crippen MR) is 61.6 cm³/mol. The van der Waals surface area contributed by atoms with Gasteiger partial charge in [0.15, 0.2) is 5.69 Å². The minimum Gasteiger partial charge on any atom is -0.282 e. The zero-order chi connectivity index (χ0) is 14.2. The summed E-state index contributed by atoms with van der Waals surface area (Å²) >= 11 is 0. The van der Waals surface area contributed by atoms with Crippen LogP contribution in [0, 0.1) is 11.8 Å². The normalized spacial score (nSPS) is 28.4. The monoisotopic (exact) mass is 275 g/mol. The standard InChI is InChI=1S/C12H16F3N3O/c1-7-3-8(2)5-9(4-7)18-6-10(16-17-18)11(19)12(13,14)15/h6-9H,3-5H2,1-2H3. The second kappa shape index (κ2) is 4.94. The molecule has 0 radical (unpaired) electrons. The van der Waals surface area contributed by atoms with Crippen LogP contribution in [0.15, 0.2) is 6.20 Å². The second-order valence-corrected chi connectivity index (χ2v) is 5.48. The Labute approximate surface area is 109 Å². The Morgan fingerprint density at radius 3 is 2.37 bits per heavy atom. The Bertz CT molecular complexity index is 459. The fourth-order valence-electron chi connectivity index (χ4n) is 2.82. The Hall–Kier alpha value is -1.40. The number of Topliss-reactive ketones (excluding diaryl/α,β-unsaturated/α-hetero) is 1. The molecule has 2 atom stereocenters. The van der Waals surface area contributed by atoms with Crippen molar-refractivity contribution in [3.8, 4) is 0 Å². The van der Waals surface area contributed by atoms with Crippen molar-refractivity contribution in [2.45, 2.75) is 45.3 Å². The molecular weight excluding hydrogens is 259 g/mol. The number of rotatable bonds is 2. The molecular formula is C12H16F3N3O. The lowest BCUT2D eigenvalue weighted by molar-refractivity contribution is -0.0888. The van der Waals surface area contributed by atoms with Gasteiger partial charge in [-0.15, -0.1) is 5.10 Å². The van der Waals surface area contributed by atoms with Crippen LogP contribution in [-0.4, -0.2) is 27.0 Å². The largest absolute Gasteiger partial charge is 0.456 e. The average molecular weight is 275 g/mol. The summed E-state index contributed by atoms with van der Waals surface area (Å²) < 4.78 is 38.3. The molecule has 1 fully saturated rings. The van der Waals surface area contributed by atoms with E-state index in [2.05, 4.69) is 24.2 Å². The van der Waals surface area contributed by atoms with Gasteiger partial charge in [0.25, 0.3) is 5.78 Å². The molecule has 0 saturated heterocycles. The van der Waals surface area contributed by atoms with Crippen molar-refractivity contribution in [3.05, 3.63) is 11.9 Å². The van der Waals surface area contributed by atoms with E-state index in [1.165, 1.54) is 4.68 Å². The molecule has 1 aromatic rings. The predicted octanol–water partition coefficient (Wildman–Crippen LogP) is 3.02. The highest BCUT2D eigenvalue weighted by Crippen LogP contribution is 2.35. The number of aromatic nitrogens is 3. The van der Waals surface area contributed by atoms with Crippen LogP contribution >= 0.6 is 0 Å². The van der Waals surface area contributed by atoms with E-state index in [9.17, 15) is 18.0 Å². The van der Waals surface area contributed by atoms with Crippen molar-refractivity contribution in [2.75, 3.05) is 0 Å². The van der Waals surface area contributed by atoms with Crippen molar-refractivity contribution >= 4 is 5.78 Å². The van der Waals surface area contributed by atoms with Crippen LogP contribution in [-0.2, 0) is 0 Å². The molecule has 0 bridgehead atoms. The van der Waals surface area contributed by atoms with Gasteiger partial charge >= 0.3 is 6.18 Å². The molecule has 0 N–H and O–H groups in total. The van der Waals surface area contributed by atoms with Crippen LogP contribution in [0.4, 0.5) is 13.2 Å². The summed E-state index contributed by atoms with van der Waals surface area (Å²) in [6.45, 7) is 4.22. The molecule has 1 aliphatic rings.